The molecule has 0 bridgehead atoms. The number of piperazine rings is 2. The fourth-order valence-corrected chi connectivity index (χ4v) is 4.73. The first-order valence-corrected chi connectivity index (χ1v) is 12.4. The van der Waals surface area contributed by atoms with E-state index in [1.54, 1.807) is 12.0 Å². The van der Waals surface area contributed by atoms with Crippen LogP contribution in [-0.2, 0) is 27.5 Å². The third kappa shape index (κ3) is 6.83. The number of benzene rings is 2. The van der Waals surface area contributed by atoms with Crippen molar-refractivity contribution in [3.8, 4) is 5.75 Å². The molecule has 9 nitrogen and oxygen atoms in total. The number of rotatable bonds is 9. The molecule has 192 valence electrons. The summed E-state index contributed by atoms with van der Waals surface area (Å²) < 4.78 is 10.9. The van der Waals surface area contributed by atoms with Crippen LogP contribution in [0.1, 0.15) is 24.0 Å². The summed E-state index contributed by atoms with van der Waals surface area (Å²) in [6.45, 7) is 4.51. The van der Waals surface area contributed by atoms with Crippen LogP contribution in [0.3, 0.4) is 0 Å². The van der Waals surface area contributed by atoms with Crippen LogP contribution in [0.25, 0.3) is 0 Å². The van der Waals surface area contributed by atoms with Crippen LogP contribution in [0, 0.1) is 0 Å². The highest BCUT2D eigenvalue weighted by Gasteiger charge is 2.34. The molecule has 1 unspecified atom stereocenters. The van der Waals surface area contributed by atoms with Gasteiger partial charge >= 0.3 is 6.09 Å². The third-order valence-corrected chi connectivity index (χ3v) is 6.71. The van der Waals surface area contributed by atoms with E-state index in [1.165, 1.54) is 0 Å². The number of hydrogen-bond donors (Lipinski definition) is 1. The van der Waals surface area contributed by atoms with Gasteiger partial charge in [0.05, 0.1) is 19.7 Å². The fraction of sp³-hybridized carbons (Fsp3) is 0.444. The van der Waals surface area contributed by atoms with E-state index >= 15 is 0 Å². The van der Waals surface area contributed by atoms with E-state index in [0.717, 1.165) is 42.9 Å². The van der Waals surface area contributed by atoms with Crippen LogP contribution < -0.4 is 10.1 Å². The second kappa shape index (κ2) is 12.5. The molecule has 0 saturated carbocycles. The number of para-hydroxylation sites is 1. The van der Waals surface area contributed by atoms with Crippen molar-refractivity contribution in [2.75, 3.05) is 46.4 Å². The molecule has 2 aromatic carbocycles. The summed E-state index contributed by atoms with van der Waals surface area (Å²) >= 11 is 0. The molecule has 1 N–H and O–H groups in total. The fourth-order valence-electron chi connectivity index (χ4n) is 4.73. The van der Waals surface area contributed by atoms with Crippen LogP contribution in [0.5, 0.6) is 5.75 Å². The van der Waals surface area contributed by atoms with Gasteiger partial charge in [0.2, 0.25) is 11.8 Å². The molecule has 9 heteroatoms. The molecule has 2 heterocycles. The lowest BCUT2D eigenvalue weighted by Gasteiger charge is -2.36. The second-order valence-electron chi connectivity index (χ2n) is 9.16. The Balaban J connectivity index is 1.22. The lowest BCUT2D eigenvalue weighted by atomic mass is 10.0. The highest BCUT2D eigenvalue weighted by Crippen LogP contribution is 2.23. The van der Waals surface area contributed by atoms with Gasteiger partial charge in [-0.15, -0.1) is 0 Å². The molecule has 2 aromatic rings. The Morgan fingerprint density at radius 3 is 2.47 bits per heavy atom. The van der Waals surface area contributed by atoms with Crippen LogP contribution in [-0.4, -0.2) is 85.0 Å². The summed E-state index contributed by atoms with van der Waals surface area (Å²) in [5.41, 5.74) is 1.92. The average Bonchev–Trinajstić information content (AvgIpc) is 2.90. The molecular formula is C27H34N4O5. The van der Waals surface area contributed by atoms with Gasteiger partial charge in [-0.1, -0.05) is 48.5 Å². The number of nitrogens with one attached hydrogen (secondary N) is 1. The zero-order chi connectivity index (χ0) is 25.3. The Morgan fingerprint density at radius 2 is 1.72 bits per heavy atom. The van der Waals surface area contributed by atoms with Crippen molar-refractivity contribution in [1.29, 1.82) is 0 Å². The SMILES string of the molecule is COc1ccccc1CN1CC(=O)NC(=O)C1CCCN1CCN(C(=O)OCc2ccccc2)CC1. The van der Waals surface area contributed by atoms with Gasteiger partial charge in [-0.25, -0.2) is 4.79 Å². The smallest absolute Gasteiger partial charge is 0.410 e. The molecule has 4 rings (SSSR count). The van der Waals surface area contributed by atoms with Gasteiger partial charge in [0, 0.05) is 38.3 Å². The monoisotopic (exact) mass is 494 g/mol. The van der Waals surface area contributed by atoms with Gasteiger partial charge in [-0.2, -0.15) is 0 Å². The number of imide groups is 1. The van der Waals surface area contributed by atoms with E-state index in [2.05, 4.69) is 10.2 Å². The van der Waals surface area contributed by atoms with E-state index < -0.39 is 0 Å². The minimum atomic E-state index is -0.373. The standard InChI is InChI=1S/C27H34N4O5/c1-35-24-12-6-5-10-22(24)18-31-19-25(32)28-26(33)23(31)11-7-13-29-14-16-30(17-15-29)27(34)36-20-21-8-3-2-4-9-21/h2-6,8-10,12,23H,7,11,13-20H2,1H3,(H,28,32,33). The molecule has 3 amide bonds. The van der Waals surface area contributed by atoms with Crippen molar-refractivity contribution in [3.05, 3.63) is 65.7 Å². The molecule has 2 fully saturated rings. The van der Waals surface area contributed by atoms with E-state index in [-0.39, 0.29) is 37.1 Å². The number of amides is 3. The summed E-state index contributed by atoms with van der Waals surface area (Å²) in [6, 6.07) is 16.9. The molecule has 1 atom stereocenters. The first kappa shape index (κ1) is 25.7. The van der Waals surface area contributed by atoms with Crippen molar-refractivity contribution in [2.24, 2.45) is 0 Å². The Labute approximate surface area is 211 Å². The highest BCUT2D eigenvalue weighted by atomic mass is 16.6. The Kier molecular flexibility index (Phi) is 8.91. The number of carbonyl (C=O) groups is 3. The summed E-state index contributed by atoms with van der Waals surface area (Å²) in [6.07, 6.45) is 1.18. The topological polar surface area (TPSA) is 91.4 Å². The predicted octanol–water partition coefficient (Wildman–Crippen LogP) is 2.26. The van der Waals surface area contributed by atoms with Crippen molar-refractivity contribution in [1.82, 2.24) is 20.0 Å². The molecule has 2 saturated heterocycles. The summed E-state index contributed by atoms with van der Waals surface area (Å²) in [5, 5.41) is 2.48. The van der Waals surface area contributed by atoms with Gasteiger partial charge in [-0.05, 0) is 31.0 Å². The van der Waals surface area contributed by atoms with Crippen LogP contribution in [0.2, 0.25) is 0 Å². The number of ether oxygens (including phenoxy) is 2. The zero-order valence-corrected chi connectivity index (χ0v) is 20.7. The lowest BCUT2D eigenvalue weighted by molar-refractivity contribution is -0.140. The second-order valence-corrected chi connectivity index (χ2v) is 9.16. The number of nitrogens with zero attached hydrogens (tertiary/aromatic N) is 3. The van der Waals surface area contributed by atoms with E-state index in [4.69, 9.17) is 9.47 Å². The largest absolute Gasteiger partial charge is 0.496 e. The molecule has 0 aromatic heterocycles. The quantitative estimate of drug-likeness (QED) is 0.535. The van der Waals surface area contributed by atoms with Gasteiger partial charge in [0.1, 0.15) is 12.4 Å². The number of carbonyl (C=O) groups excluding carboxylic acids is 3. The Bertz CT molecular complexity index is 1040. The molecule has 0 spiro atoms. The maximum absolute atomic E-state index is 12.6. The van der Waals surface area contributed by atoms with E-state index in [9.17, 15) is 14.4 Å². The maximum atomic E-state index is 12.6. The minimum Gasteiger partial charge on any atom is -0.496 e. The minimum absolute atomic E-state index is 0.179. The normalized spacial score (nSPS) is 19.1. The molecule has 36 heavy (non-hydrogen) atoms. The molecule has 2 aliphatic heterocycles. The van der Waals surface area contributed by atoms with Gasteiger partial charge < -0.3 is 14.4 Å². The summed E-state index contributed by atoms with van der Waals surface area (Å²) in [7, 11) is 1.62. The van der Waals surface area contributed by atoms with E-state index in [0.29, 0.717) is 26.1 Å². The molecule has 0 radical (unpaired) electrons. The predicted molar refractivity (Wildman–Crippen MR) is 134 cm³/mol. The van der Waals surface area contributed by atoms with Gasteiger partial charge in [-0.3, -0.25) is 24.7 Å². The van der Waals surface area contributed by atoms with Crippen LogP contribution in [0.4, 0.5) is 4.79 Å². The Morgan fingerprint density at radius 1 is 1.00 bits per heavy atom. The maximum Gasteiger partial charge on any atom is 0.410 e. The van der Waals surface area contributed by atoms with Gasteiger partial charge in [0.25, 0.3) is 0 Å². The lowest BCUT2D eigenvalue weighted by Crippen LogP contribution is -2.57. The van der Waals surface area contributed by atoms with Crippen molar-refractivity contribution < 1.29 is 23.9 Å². The van der Waals surface area contributed by atoms with Crippen molar-refractivity contribution >= 4 is 17.9 Å². The van der Waals surface area contributed by atoms with Crippen molar-refractivity contribution in [3.63, 3.8) is 0 Å². The number of methoxy groups -OCH3 is 1. The average molecular weight is 495 g/mol. The molecule has 2 aliphatic rings. The highest BCUT2D eigenvalue weighted by molar-refractivity contribution is 6.01. The Hall–Kier alpha value is -3.43. The number of hydrogen-bond acceptors (Lipinski definition) is 7. The van der Waals surface area contributed by atoms with E-state index in [1.807, 2.05) is 59.5 Å². The van der Waals surface area contributed by atoms with Crippen LogP contribution >= 0.6 is 0 Å². The summed E-state index contributed by atoms with van der Waals surface area (Å²) in [4.78, 5) is 43.1. The molecule has 0 aliphatic carbocycles. The van der Waals surface area contributed by atoms with Crippen molar-refractivity contribution in [2.45, 2.75) is 32.0 Å². The van der Waals surface area contributed by atoms with Crippen LogP contribution in [0.15, 0.2) is 54.6 Å². The third-order valence-electron chi connectivity index (χ3n) is 6.71. The molecular weight excluding hydrogens is 460 g/mol. The first-order chi connectivity index (χ1) is 17.5. The van der Waals surface area contributed by atoms with Gasteiger partial charge in [0.15, 0.2) is 0 Å². The first-order valence-electron chi connectivity index (χ1n) is 12.4. The zero-order valence-electron chi connectivity index (χ0n) is 20.7. The summed E-state index contributed by atoms with van der Waals surface area (Å²) in [5.74, 6) is 0.225.